The third-order valence-corrected chi connectivity index (χ3v) is 6.49. The van der Waals surface area contributed by atoms with Gasteiger partial charge in [0, 0.05) is 28.1 Å². The van der Waals surface area contributed by atoms with Gasteiger partial charge < -0.3 is 11.1 Å². The Kier molecular flexibility index (Phi) is 6.28. The fourth-order valence-electron chi connectivity index (χ4n) is 3.55. The molecule has 1 unspecified atom stereocenters. The third-order valence-electron chi connectivity index (χ3n) is 5.30. The maximum atomic E-state index is 12.9. The SMILES string of the molecule is Cc1ccccc1C(=O)Nc1ccc(SC2CC(=O)N(c3ccc(C(N)=O)cc3)C2=O)cc1. The lowest BCUT2D eigenvalue weighted by Gasteiger charge is -2.15. The van der Waals surface area contributed by atoms with Gasteiger partial charge in [-0.15, -0.1) is 11.8 Å². The van der Waals surface area contributed by atoms with Crippen LogP contribution in [0.5, 0.6) is 0 Å². The van der Waals surface area contributed by atoms with E-state index in [1.807, 2.05) is 25.1 Å². The van der Waals surface area contributed by atoms with Gasteiger partial charge in [0.1, 0.15) is 0 Å². The normalized spacial score (nSPS) is 15.5. The first-order valence-electron chi connectivity index (χ1n) is 10.2. The van der Waals surface area contributed by atoms with Crippen LogP contribution < -0.4 is 16.0 Å². The molecule has 3 aromatic carbocycles. The number of nitrogens with zero attached hydrogens (tertiary/aromatic N) is 1. The first-order chi connectivity index (χ1) is 15.8. The first-order valence-corrected chi connectivity index (χ1v) is 11.1. The van der Waals surface area contributed by atoms with Crippen molar-refractivity contribution in [1.29, 1.82) is 0 Å². The van der Waals surface area contributed by atoms with E-state index in [4.69, 9.17) is 5.73 Å². The van der Waals surface area contributed by atoms with Gasteiger partial charge >= 0.3 is 0 Å². The zero-order valence-corrected chi connectivity index (χ0v) is 18.6. The maximum absolute atomic E-state index is 12.9. The lowest BCUT2D eigenvalue weighted by atomic mass is 10.1. The van der Waals surface area contributed by atoms with Crippen LogP contribution in [0.25, 0.3) is 0 Å². The Balaban J connectivity index is 1.41. The molecule has 0 aliphatic carbocycles. The van der Waals surface area contributed by atoms with E-state index >= 15 is 0 Å². The summed E-state index contributed by atoms with van der Waals surface area (Å²) in [6.07, 6.45) is 0.0762. The molecule has 0 spiro atoms. The van der Waals surface area contributed by atoms with E-state index in [0.717, 1.165) is 15.4 Å². The number of benzene rings is 3. The summed E-state index contributed by atoms with van der Waals surface area (Å²) in [7, 11) is 0. The highest BCUT2D eigenvalue weighted by molar-refractivity contribution is 8.00. The van der Waals surface area contributed by atoms with Gasteiger partial charge in [0.15, 0.2) is 0 Å². The van der Waals surface area contributed by atoms with Gasteiger partial charge in [-0.2, -0.15) is 0 Å². The lowest BCUT2D eigenvalue weighted by Crippen LogP contribution is -2.31. The minimum Gasteiger partial charge on any atom is -0.366 e. The number of nitrogens with one attached hydrogen (secondary N) is 1. The molecule has 3 aromatic rings. The Morgan fingerprint density at radius 3 is 2.27 bits per heavy atom. The molecule has 0 radical (unpaired) electrons. The Hall–Kier alpha value is -3.91. The number of nitrogens with two attached hydrogens (primary N) is 1. The molecule has 1 aliphatic rings. The van der Waals surface area contributed by atoms with Gasteiger partial charge in [-0.1, -0.05) is 18.2 Å². The molecule has 4 amide bonds. The molecule has 1 heterocycles. The Morgan fingerprint density at radius 1 is 0.970 bits per heavy atom. The van der Waals surface area contributed by atoms with E-state index in [1.165, 1.54) is 36.0 Å². The number of rotatable bonds is 6. The number of thioether (sulfide) groups is 1. The monoisotopic (exact) mass is 459 g/mol. The van der Waals surface area contributed by atoms with Crippen molar-refractivity contribution in [1.82, 2.24) is 0 Å². The Labute approximate surface area is 195 Å². The van der Waals surface area contributed by atoms with Crippen molar-refractivity contribution in [2.24, 2.45) is 5.73 Å². The second kappa shape index (κ2) is 9.30. The average Bonchev–Trinajstić information content (AvgIpc) is 3.08. The molecule has 1 fully saturated rings. The number of carbonyl (C=O) groups excluding carboxylic acids is 4. The lowest BCUT2D eigenvalue weighted by molar-refractivity contribution is -0.121. The minimum atomic E-state index is -0.576. The fraction of sp³-hybridized carbons (Fsp3) is 0.120. The number of amides is 4. The van der Waals surface area contributed by atoms with Crippen LogP contribution in [-0.2, 0) is 9.59 Å². The van der Waals surface area contributed by atoms with E-state index in [2.05, 4.69) is 5.32 Å². The van der Waals surface area contributed by atoms with Gasteiger partial charge in [0.05, 0.1) is 10.9 Å². The van der Waals surface area contributed by atoms with Gasteiger partial charge in [0.25, 0.3) is 5.91 Å². The summed E-state index contributed by atoms with van der Waals surface area (Å²) in [6.45, 7) is 1.88. The largest absolute Gasteiger partial charge is 0.366 e. The molecular formula is C25H21N3O4S. The van der Waals surface area contributed by atoms with Gasteiger partial charge in [-0.25, -0.2) is 4.90 Å². The van der Waals surface area contributed by atoms with E-state index in [0.29, 0.717) is 22.5 Å². The number of hydrogen-bond acceptors (Lipinski definition) is 5. The van der Waals surface area contributed by atoms with Crippen LogP contribution >= 0.6 is 11.8 Å². The minimum absolute atomic E-state index is 0.0762. The molecule has 0 bridgehead atoms. The average molecular weight is 460 g/mol. The summed E-state index contributed by atoms with van der Waals surface area (Å²) >= 11 is 1.30. The third kappa shape index (κ3) is 4.80. The molecule has 4 rings (SSSR count). The van der Waals surface area contributed by atoms with Crippen molar-refractivity contribution in [3.05, 3.63) is 89.5 Å². The molecular weight excluding hydrogens is 438 g/mol. The maximum Gasteiger partial charge on any atom is 0.255 e. The van der Waals surface area contributed by atoms with Crippen LogP contribution in [0.2, 0.25) is 0 Å². The number of aryl methyl sites for hydroxylation is 1. The molecule has 1 saturated heterocycles. The van der Waals surface area contributed by atoms with Crippen molar-refractivity contribution in [3.63, 3.8) is 0 Å². The summed E-state index contributed by atoms with van der Waals surface area (Å²) in [5.41, 5.74) is 8.09. The van der Waals surface area contributed by atoms with Crippen molar-refractivity contribution in [2.75, 3.05) is 10.2 Å². The van der Waals surface area contributed by atoms with E-state index in [1.54, 1.807) is 30.3 Å². The molecule has 1 aliphatic heterocycles. The fourth-order valence-corrected chi connectivity index (χ4v) is 4.60. The van der Waals surface area contributed by atoms with Crippen LogP contribution in [0.1, 0.15) is 32.7 Å². The summed E-state index contributed by atoms with van der Waals surface area (Å²) in [6, 6.07) is 20.5. The van der Waals surface area contributed by atoms with Crippen molar-refractivity contribution in [3.8, 4) is 0 Å². The van der Waals surface area contributed by atoms with Crippen molar-refractivity contribution in [2.45, 2.75) is 23.5 Å². The first kappa shape index (κ1) is 22.3. The number of imide groups is 1. The van der Waals surface area contributed by atoms with Crippen LogP contribution in [0.3, 0.4) is 0 Å². The Bertz CT molecular complexity index is 1240. The van der Waals surface area contributed by atoms with Crippen LogP contribution in [0.15, 0.2) is 77.7 Å². The quantitative estimate of drug-likeness (QED) is 0.546. The highest BCUT2D eigenvalue weighted by Gasteiger charge is 2.40. The summed E-state index contributed by atoms with van der Waals surface area (Å²) in [5, 5.41) is 2.31. The number of hydrogen-bond donors (Lipinski definition) is 2. The van der Waals surface area contributed by atoms with Crippen LogP contribution in [0, 0.1) is 6.92 Å². The van der Waals surface area contributed by atoms with E-state index in [9.17, 15) is 19.2 Å². The summed E-state index contributed by atoms with van der Waals surface area (Å²) in [5.74, 6) is -1.38. The zero-order valence-electron chi connectivity index (χ0n) is 17.8. The molecule has 166 valence electrons. The Morgan fingerprint density at radius 2 is 1.64 bits per heavy atom. The standard InChI is InChI=1S/C25H21N3O4S/c1-15-4-2-3-5-20(15)24(31)27-17-8-12-19(13-9-17)33-21-14-22(29)28(25(21)32)18-10-6-16(7-11-18)23(26)30/h2-13,21H,14H2,1H3,(H2,26,30)(H,27,31). The molecule has 8 heteroatoms. The number of primary amides is 1. The summed E-state index contributed by atoms with van der Waals surface area (Å²) < 4.78 is 0. The van der Waals surface area contributed by atoms with Gasteiger partial charge in [-0.3, -0.25) is 19.2 Å². The smallest absolute Gasteiger partial charge is 0.255 e. The molecule has 3 N–H and O–H groups in total. The van der Waals surface area contributed by atoms with Gasteiger partial charge in [-0.05, 0) is 67.1 Å². The number of carbonyl (C=O) groups is 4. The second-order valence-electron chi connectivity index (χ2n) is 7.58. The van der Waals surface area contributed by atoms with Crippen LogP contribution in [-0.4, -0.2) is 28.9 Å². The predicted octanol–water partition coefficient (Wildman–Crippen LogP) is 3.77. The highest BCUT2D eigenvalue weighted by Crippen LogP contribution is 2.34. The van der Waals surface area contributed by atoms with Crippen molar-refractivity contribution >= 4 is 46.8 Å². The van der Waals surface area contributed by atoms with E-state index < -0.39 is 11.2 Å². The molecule has 0 aromatic heterocycles. The van der Waals surface area contributed by atoms with Crippen molar-refractivity contribution < 1.29 is 19.2 Å². The predicted molar refractivity (Wildman–Crippen MR) is 127 cm³/mol. The van der Waals surface area contributed by atoms with Crippen LogP contribution in [0.4, 0.5) is 11.4 Å². The molecule has 7 nitrogen and oxygen atoms in total. The zero-order chi connectivity index (χ0) is 23.5. The van der Waals surface area contributed by atoms with Gasteiger partial charge in [0.2, 0.25) is 17.7 Å². The number of anilines is 2. The topological polar surface area (TPSA) is 110 Å². The highest BCUT2D eigenvalue weighted by atomic mass is 32.2. The summed E-state index contributed by atoms with van der Waals surface area (Å²) in [4.78, 5) is 51.0. The molecule has 33 heavy (non-hydrogen) atoms. The molecule has 1 atom stereocenters. The van der Waals surface area contributed by atoms with E-state index in [-0.39, 0.29) is 24.1 Å². The molecule has 0 saturated carbocycles. The second-order valence-corrected chi connectivity index (χ2v) is 8.86.